The molecule has 3 heterocycles. The van der Waals surface area contributed by atoms with Crippen LogP contribution in [0.3, 0.4) is 0 Å². The minimum Gasteiger partial charge on any atom is -0.348 e. The van der Waals surface area contributed by atoms with Crippen LogP contribution in [0.1, 0.15) is 17.6 Å². The fraction of sp³-hybridized carbons (Fsp3) is 0.200. The van der Waals surface area contributed by atoms with Crippen LogP contribution in [0.4, 0.5) is 0 Å². The number of aromatic amines is 2. The molecule has 18 heavy (non-hydrogen) atoms. The van der Waals surface area contributed by atoms with Crippen molar-refractivity contribution in [1.82, 2.24) is 30.1 Å². The molecule has 3 aromatic rings. The number of nitrogens with one attached hydrogen (secondary N) is 2. The van der Waals surface area contributed by atoms with E-state index < -0.39 is 0 Å². The molecule has 1 atom stereocenters. The van der Waals surface area contributed by atoms with Crippen molar-refractivity contribution in [2.75, 3.05) is 0 Å². The van der Waals surface area contributed by atoms with E-state index in [1.54, 1.807) is 24.9 Å². The Labute approximate surface area is 102 Å². The number of nitrogens with zero attached hydrogens (tertiary/aromatic N) is 4. The maximum absolute atomic E-state index is 5.98. The number of hydrogen-bond acceptors (Lipinski definition) is 6. The van der Waals surface area contributed by atoms with Crippen molar-refractivity contribution in [3.8, 4) is 11.6 Å². The van der Waals surface area contributed by atoms with E-state index in [0.717, 1.165) is 5.69 Å². The Balaban J connectivity index is 1.77. The molecule has 0 saturated carbocycles. The van der Waals surface area contributed by atoms with Gasteiger partial charge in [0.1, 0.15) is 0 Å². The Bertz CT molecular complexity index is 598. The first-order chi connectivity index (χ1) is 8.83. The van der Waals surface area contributed by atoms with Crippen molar-refractivity contribution >= 4 is 0 Å². The summed E-state index contributed by atoms with van der Waals surface area (Å²) in [5.74, 6) is 1.32. The molecule has 3 aromatic heterocycles. The van der Waals surface area contributed by atoms with Gasteiger partial charge in [0.05, 0.1) is 12.4 Å². The summed E-state index contributed by atoms with van der Waals surface area (Å²) in [5, 5.41) is 3.82. The molecule has 0 aliphatic carbocycles. The predicted molar refractivity (Wildman–Crippen MR) is 61.1 cm³/mol. The summed E-state index contributed by atoms with van der Waals surface area (Å²) in [6.45, 7) is 0. The molecule has 0 fully saturated rings. The van der Waals surface area contributed by atoms with E-state index in [0.29, 0.717) is 24.0 Å². The molecule has 3 rings (SSSR count). The molecule has 0 spiro atoms. The average molecular weight is 245 g/mol. The van der Waals surface area contributed by atoms with Gasteiger partial charge in [-0.15, -0.1) is 0 Å². The Morgan fingerprint density at radius 3 is 3.06 bits per heavy atom. The van der Waals surface area contributed by atoms with Crippen LogP contribution in [-0.2, 0) is 6.42 Å². The number of aromatic nitrogens is 6. The summed E-state index contributed by atoms with van der Waals surface area (Å²) in [6.07, 6.45) is 7.18. The smallest absolute Gasteiger partial charge is 0.244 e. The first kappa shape index (κ1) is 10.7. The number of H-pyrrole nitrogens is 2. The van der Waals surface area contributed by atoms with Gasteiger partial charge in [-0.05, 0) is 0 Å². The molecule has 0 radical (unpaired) electrons. The van der Waals surface area contributed by atoms with Gasteiger partial charge >= 0.3 is 0 Å². The summed E-state index contributed by atoms with van der Waals surface area (Å²) in [4.78, 5) is 18.0. The van der Waals surface area contributed by atoms with Gasteiger partial charge in [0.25, 0.3) is 0 Å². The van der Waals surface area contributed by atoms with Crippen molar-refractivity contribution in [1.29, 1.82) is 0 Å². The van der Waals surface area contributed by atoms with Crippen molar-refractivity contribution < 1.29 is 4.52 Å². The lowest BCUT2D eigenvalue weighted by atomic mass is 10.2. The summed E-state index contributed by atoms with van der Waals surface area (Å²) >= 11 is 0. The van der Waals surface area contributed by atoms with Gasteiger partial charge in [-0.25, -0.2) is 9.97 Å². The van der Waals surface area contributed by atoms with E-state index in [1.165, 1.54) is 0 Å². The van der Waals surface area contributed by atoms with Crippen molar-refractivity contribution in [2.45, 2.75) is 12.5 Å². The highest BCUT2D eigenvalue weighted by molar-refractivity contribution is 5.40. The molecule has 0 bridgehead atoms. The lowest BCUT2D eigenvalue weighted by Crippen LogP contribution is -2.14. The number of hydrogen-bond donors (Lipinski definition) is 3. The second-order valence-electron chi connectivity index (χ2n) is 3.78. The van der Waals surface area contributed by atoms with Crippen LogP contribution in [0.25, 0.3) is 11.6 Å². The third-order valence-corrected chi connectivity index (χ3v) is 2.46. The molecule has 0 amide bonds. The molecular formula is C10H11N7O. The van der Waals surface area contributed by atoms with E-state index >= 15 is 0 Å². The first-order valence-corrected chi connectivity index (χ1v) is 5.39. The Kier molecular flexibility index (Phi) is 2.61. The van der Waals surface area contributed by atoms with Gasteiger partial charge in [-0.3, -0.25) is 0 Å². The number of nitrogens with two attached hydrogens (primary N) is 1. The van der Waals surface area contributed by atoms with Gasteiger partial charge in [0.15, 0.2) is 5.82 Å². The average Bonchev–Trinajstić information content (AvgIpc) is 3.11. The van der Waals surface area contributed by atoms with Crippen LogP contribution in [0, 0.1) is 0 Å². The summed E-state index contributed by atoms with van der Waals surface area (Å²) in [6, 6.07) is -0.373. The minimum atomic E-state index is -0.373. The van der Waals surface area contributed by atoms with Crippen LogP contribution in [-0.4, -0.2) is 30.1 Å². The van der Waals surface area contributed by atoms with E-state index in [9.17, 15) is 0 Å². The lowest BCUT2D eigenvalue weighted by Gasteiger charge is -2.03. The molecule has 0 aliphatic rings. The fourth-order valence-corrected chi connectivity index (χ4v) is 1.59. The summed E-state index contributed by atoms with van der Waals surface area (Å²) in [7, 11) is 0. The zero-order valence-electron chi connectivity index (χ0n) is 9.37. The normalized spacial score (nSPS) is 12.7. The second kappa shape index (κ2) is 4.41. The van der Waals surface area contributed by atoms with Crippen molar-refractivity contribution in [3.05, 3.63) is 36.5 Å². The standard InChI is InChI=1S/C10H11N7O/c11-7(3-6-4-12-5-15-6)10-16-9(17-18-10)8-13-1-2-14-8/h1-2,4-5,7H,3,11H2,(H,12,15)(H,13,14). The van der Waals surface area contributed by atoms with Crippen molar-refractivity contribution in [2.24, 2.45) is 5.73 Å². The van der Waals surface area contributed by atoms with Gasteiger partial charge in [0.2, 0.25) is 11.7 Å². The first-order valence-electron chi connectivity index (χ1n) is 5.39. The highest BCUT2D eigenvalue weighted by atomic mass is 16.5. The van der Waals surface area contributed by atoms with Gasteiger partial charge in [-0.2, -0.15) is 4.98 Å². The maximum Gasteiger partial charge on any atom is 0.244 e. The highest BCUT2D eigenvalue weighted by Gasteiger charge is 2.17. The van der Waals surface area contributed by atoms with Crippen LogP contribution in [0.15, 0.2) is 29.4 Å². The molecule has 8 heteroatoms. The van der Waals surface area contributed by atoms with Crippen LogP contribution in [0.5, 0.6) is 0 Å². The zero-order valence-corrected chi connectivity index (χ0v) is 9.37. The number of imidazole rings is 2. The monoisotopic (exact) mass is 245 g/mol. The highest BCUT2D eigenvalue weighted by Crippen LogP contribution is 2.16. The Morgan fingerprint density at radius 2 is 2.33 bits per heavy atom. The number of rotatable bonds is 4. The zero-order chi connectivity index (χ0) is 12.4. The summed E-state index contributed by atoms with van der Waals surface area (Å²) < 4.78 is 5.12. The summed E-state index contributed by atoms with van der Waals surface area (Å²) in [5.41, 5.74) is 6.90. The molecule has 0 aromatic carbocycles. The lowest BCUT2D eigenvalue weighted by molar-refractivity contribution is 0.353. The van der Waals surface area contributed by atoms with E-state index in [1.807, 2.05) is 0 Å². The fourth-order valence-electron chi connectivity index (χ4n) is 1.59. The molecule has 0 saturated heterocycles. The largest absolute Gasteiger partial charge is 0.348 e. The molecule has 8 nitrogen and oxygen atoms in total. The topological polar surface area (TPSA) is 122 Å². The Hall–Kier alpha value is -2.48. The Morgan fingerprint density at radius 1 is 1.39 bits per heavy atom. The van der Waals surface area contributed by atoms with E-state index in [2.05, 4.69) is 30.1 Å². The maximum atomic E-state index is 5.98. The van der Waals surface area contributed by atoms with Crippen LogP contribution < -0.4 is 5.73 Å². The molecule has 0 aliphatic heterocycles. The van der Waals surface area contributed by atoms with Gasteiger partial charge in [-0.1, -0.05) is 5.16 Å². The minimum absolute atomic E-state index is 0.371. The molecule has 1 unspecified atom stereocenters. The third-order valence-electron chi connectivity index (χ3n) is 2.46. The van der Waals surface area contributed by atoms with E-state index in [-0.39, 0.29) is 6.04 Å². The van der Waals surface area contributed by atoms with Gasteiger partial charge in [0, 0.05) is 30.7 Å². The quantitative estimate of drug-likeness (QED) is 0.612. The third kappa shape index (κ3) is 2.00. The predicted octanol–water partition coefficient (Wildman–Crippen LogP) is 0.425. The van der Waals surface area contributed by atoms with Crippen LogP contribution in [0.2, 0.25) is 0 Å². The van der Waals surface area contributed by atoms with E-state index in [4.69, 9.17) is 10.3 Å². The molecule has 4 N–H and O–H groups in total. The second-order valence-corrected chi connectivity index (χ2v) is 3.78. The van der Waals surface area contributed by atoms with Crippen LogP contribution >= 0.6 is 0 Å². The van der Waals surface area contributed by atoms with Crippen molar-refractivity contribution in [3.63, 3.8) is 0 Å². The molecular weight excluding hydrogens is 234 g/mol. The SMILES string of the molecule is NC(Cc1cnc[nH]1)c1nc(-c2ncc[nH]2)no1. The molecule has 92 valence electrons. The van der Waals surface area contributed by atoms with Gasteiger partial charge < -0.3 is 20.2 Å².